The smallest absolute Gasteiger partial charge is 0.123 e. The van der Waals surface area contributed by atoms with E-state index in [4.69, 9.17) is 0 Å². The maximum Gasteiger partial charge on any atom is 0.123 e. The molecule has 0 amide bonds. The summed E-state index contributed by atoms with van der Waals surface area (Å²) in [6.45, 7) is 2.07. The molecule has 2 nitrogen and oxygen atoms in total. The van der Waals surface area contributed by atoms with Gasteiger partial charge in [0, 0.05) is 11.7 Å². The van der Waals surface area contributed by atoms with Crippen LogP contribution in [0.5, 0.6) is 5.75 Å². The molecular formula is C15H16FNO. The summed E-state index contributed by atoms with van der Waals surface area (Å²) in [5.74, 6) is 0.0460. The molecule has 94 valence electrons. The van der Waals surface area contributed by atoms with Crippen LogP contribution in [0.4, 0.5) is 10.1 Å². The fraction of sp³-hybridized carbons (Fsp3) is 0.200. The van der Waals surface area contributed by atoms with E-state index in [1.165, 1.54) is 12.1 Å². The summed E-state index contributed by atoms with van der Waals surface area (Å²) in [6.07, 6.45) is 0.821. The molecule has 0 aromatic heterocycles. The summed E-state index contributed by atoms with van der Waals surface area (Å²) in [5.41, 5.74) is 2.05. The van der Waals surface area contributed by atoms with Crippen molar-refractivity contribution in [3.05, 3.63) is 59.9 Å². The fourth-order valence-corrected chi connectivity index (χ4v) is 1.87. The van der Waals surface area contributed by atoms with Crippen LogP contribution in [0.1, 0.15) is 12.5 Å². The summed E-state index contributed by atoms with van der Waals surface area (Å²) >= 11 is 0. The van der Waals surface area contributed by atoms with Crippen molar-refractivity contribution in [3.63, 3.8) is 0 Å². The second-order valence-corrected chi connectivity index (χ2v) is 4.42. The Morgan fingerprint density at radius 1 is 1.06 bits per heavy atom. The van der Waals surface area contributed by atoms with E-state index in [1.807, 2.05) is 12.1 Å². The zero-order valence-corrected chi connectivity index (χ0v) is 10.2. The van der Waals surface area contributed by atoms with Gasteiger partial charge in [0.25, 0.3) is 0 Å². The minimum Gasteiger partial charge on any atom is -0.508 e. The molecule has 1 atom stereocenters. The predicted molar refractivity (Wildman–Crippen MR) is 71.3 cm³/mol. The standard InChI is InChI=1S/C15H16FNO/c1-11(10-12-2-4-13(16)5-3-12)17-14-6-8-15(18)9-7-14/h2-9,11,17-18H,10H2,1H3. The summed E-state index contributed by atoms with van der Waals surface area (Å²) in [4.78, 5) is 0. The normalized spacial score (nSPS) is 12.1. The molecule has 0 aliphatic heterocycles. The van der Waals surface area contributed by atoms with E-state index < -0.39 is 0 Å². The van der Waals surface area contributed by atoms with Crippen molar-refractivity contribution in [1.29, 1.82) is 0 Å². The molecule has 0 aliphatic rings. The third kappa shape index (κ3) is 3.48. The average Bonchev–Trinajstić information content (AvgIpc) is 2.35. The molecule has 0 bridgehead atoms. The van der Waals surface area contributed by atoms with Crippen LogP contribution in [0.15, 0.2) is 48.5 Å². The number of halogens is 1. The van der Waals surface area contributed by atoms with E-state index in [-0.39, 0.29) is 17.6 Å². The molecule has 0 fully saturated rings. The third-order valence-electron chi connectivity index (χ3n) is 2.74. The van der Waals surface area contributed by atoms with Gasteiger partial charge in [-0.2, -0.15) is 0 Å². The Balaban J connectivity index is 1.94. The lowest BCUT2D eigenvalue weighted by Gasteiger charge is -2.15. The van der Waals surface area contributed by atoms with Crippen LogP contribution < -0.4 is 5.32 Å². The van der Waals surface area contributed by atoms with Crippen LogP contribution in [0, 0.1) is 5.82 Å². The van der Waals surface area contributed by atoms with Crippen LogP contribution in [0.25, 0.3) is 0 Å². The van der Waals surface area contributed by atoms with E-state index in [0.717, 1.165) is 17.7 Å². The second kappa shape index (κ2) is 5.54. The van der Waals surface area contributed by atoms with Crippen molar-refractivity contribution in [2.45, 2.75) is 19.4 Å². The maximum atomic E-state index is 12.8. The van der Waals surface area contributed by atoms with Crippen molar-refractivity contribution in [1.82, 2.24) is 0 Å². The minimum absolute atomic E-state index is 0.210. The average molecular weight is 245 g/mol. The summed E-state index contributed by atoms with van der Waals surface area (Å²) in [6, 6.07) is 13.7. The Hall–Kier alpha value is -2.03. The highest BCUT2D eigenvalue weighted by Crippen LogP contribution is 2.16. The van der Waals surface area contributed by atoms with E-state index >= 15 is 0 Å². The first-order valence-electron chi connectivity index (χ1n) is 5.93. The SMILES string of the molecule is CC(Cc1ccc(F)cc1)Nc1ccc(O)cc1. The molecule has 0 spiro atoms. The summed E-state index contributed by atoms with van der Waals surface area (Å²) in [5, 5.41) is 12.5. The summed E-state index contributed by atoms with van der Waals surface area (Å²) < 4.78 is 12.8. The van der Waals surface area contributed by atoms with E-state index in [9.17, 15) is 9.50 Å². The van der Waals surface area contributed by atoms with Crippen molar-refractivity contribution < 1.29 is 9.50 Å². The molecule has 0 saturated heterocycles. The van der Waals surface area contributed by atoms with Gasteiger partial charge < -0.3 is 10.4 Å². The molecular weight excluding hydrogens is 229 g/mol. The number of phenols is 1. The maximum absolute atomic E-state index is 12.8. The molecule has 0 heterocycles. The molecule has 2 aromatic carbocycles. The highest BCUT2D eigenvalue weighted by atomic mass is 19.1. The Morgan fingerprint density at radius 2 is 1.67 bits per heavy atom. The van der Waals surface area contributed by atoms with Gasteiger partial charge in [-0.25, -0.2) is 4.39 Å². The molecule has 0 saturated carbocycles. The molecule has 2 N–H and O–H groups in total. The number of phenolic OH excluding ortho intramolecular Hbond substituents is 1. The molecule has 3 heteroatoms. The van der Waals surface area contributed by atoms with Gasteiger partial charge in [-0.1, -0.05) is 12.1 Å². The molecule has 2 rings (SSSR count). The molecule has 1 unspecified atom stereocenters. The van der Waals surface area contributed by atoms with Gasteiger partial charge in [-0.05, 0) is 55.3 Å². The number of aromatic hydroxyl groups is 1. The number of anilines is 1. The van der Waals surface area contributed by atoms with Gasteiger partial charge >= 0.3 is 0 Å². The van der Waals surface area contributed by atoms with Crippen LogP contribution in [0.2, 0.25) is 0 Å². The van der Waals surface area contributed by atoms with Crippen molar-refractivity contribution >= 4 is 5.69 Å². The topological polar surface area (TPSA) is 32.3 Å². The van der Waals surface area contributed by atoms with E-state index in [0.29, 0.717) is 0 Å². The fourth-order valence-electron chi connectivity index (χ4n) is 1.87. The largest absolute Gasteiger partial charge is 0.508 e. The number of hydrogen-bond donors (Lipinski definition) is 2. The Bertz CT molecular complexity index is 445. The van der Waals surface area contributed by atoms with Gasteiger partial charge in [0.2, 0.25) is 0 Å². The zero-order valence-electron chi connectivity index (χ0n) is 10.2. The number of hydrogen-bond acceptors (Lipinski definition) is 2. The predicted octanol–water partition coefficient (Wildman–Crippen LogP) is 3.57. The first kappa shape index (κ1) is 12.4. The lowest BCUT2D eigenvalue weighted by Crippen LogP contribution is -2.17. The number of rotatable bonds is 4. The van der Waals surface area contributed by atoms with Gasteiger partial charge in [-0.3, -0.25) is 0 Å². The van der Waals surface area contributed by atoms with E-state index in [1.54, 1.807) is 24.3 Å². The molecule has 18 heavy (non-hydrogen) atoms. The van der Waals surface area contributed by atoms with Gasteiger partial charge in [0.15, 0.2) is 0 Å². The number of benzene rings is 2. The van der Waals surface area contributed by atoms with Crippen molar-refractivity contribution in [2.75, 3.05) is 5.32 Å². The first-order valence-corrected chi connectivity index (χ1v) is 5.93. The minimum atomic E-state index is -0.210. The third-order valence-corrected chi connectivity index (χ3v) is 2.74. The highest BCUT2D eigenvalue weighted by molar-refractivity contribution is 5.46. The summed E-state index contributed by atoms with van der Waals surface area (Å²) in [7, 11) is 0. The number of nitrogens with one attached hydrogen (secondary N) is 1. The van der Waals surface area contributed by atoms with Crippen molar-refractivity contribution in [3.8, 4) is 5.75 Å². The Labute approximate surface area is 106 Å². The molecule has 0 radical (unpaired) electrons. The van der Waals surface area contributed by atoms with Crippen LogP contribution in [-0.4, -0.2) is 11.1 Å². The van der Waals surface area contributed by atoms with Crippen LogP contribution in [0.3, 0.4) is 0 Å². The monoisotopic (exact) mass is 245 g/mol. The Morgan fingerprint density at radius 3 is 2.28 bits per heavy atom. The van der Waals surface area contributed by atoms with Crippen LogP contribution >= 0.6 is 0 Å². The first-order chi connectivity index (χ1) is 8.63. The molecule has 0 aliphatic carbocycles. The van der Waals surface area contributed by atoms with Gasteiger partial charge in [-0.15, -0.1) is 0 Å². The lowest BCUT2D eigenvalue weighted by molar-refractivity contribution is 0.475. The molecule has 2 aromatic rings. The van der Waals surface area contributed by atoms with Crippen molar-refractivity contribution in [2.24, 2.45) is 0 Å². The van der Waals surface area contributed by atoms with Gasteiger partial charge in [0.05, 0.1) is 0 Å². The highest BCUT2D eigenvalue weighted by Gasteiger charge is 2.04. The quantitative estimate of drug-likeness (QED) is 0.807. The lowest BCUT2D eigenvalue weighted by atomic mass is 10.1. The van der Waals surface area contributed by atoms with Gasteiger partial charge in [0.1, 0.15) is 11.6 Å². The van der Waals surface area contributed by atoms with Crippen LogP contribution in [-0.2, 0) is 6.42 Å². The van der Waals surface area contributed by atoms with E-state index in [2.05, 4.69) is 12.2 Å². The Kier molecular flexibility index (Phi) is 3.82. The second-order valence-electron chi connectivity index (χ2n) is 4.42. The zero-order chi connectivity index (χ0) is 13.0.